The molecule has 2 aliphatic heterocycles. The zero-order valence-corrected chi connectivity index (χ0v) is 16.5. The van der Waals surface area contributed by atoms with Crippen LogP contribution < -0.4 is 0 Å². The molecule has 1 atom stereocenters. The van der Waals surface area contributed by atoms with Crippen molar-refractivity contribution < 1.29 is 14.6 Å². The van der Waals surface area contributed by atoms with Crippen LogP contribution in [0.25, 0.3) is 10.9 Å². The van der Waals surface area contributed by atoms with Crippen LogP contribution in [0.2, 0.25) is 0 Å². The fourth-order valence-corrected chi connectivity index (χ4v) is 4.50. The fraction of sp³-hybridized carbons (Fsp3) is 0.591. The minimum atomic E-state index is -0.691. The number of aryl methyl sites for hydroxylation is 1. The summed E-state index contributed by atoms with van der Waals surface area (Å²) >= 11 is 0. The average molecular weight is 386 g/mol. The van der Waals surface area contributed by atoms with Gasteiger partial charge in [0.15, 0.2) is 0 Å². The number of hydrogen-bond donors (Lipinski definition) is 2. The molecule has 0 spiro atoms. The van der Waals surface area contributed by atoms with E-state index in [1.165, 1.54) is 10.9 Å². The summed E-state index contributed by atoms with van der Waals surface area (Å²) in [6.45, 7) is 5.34. The predicted molar refractivity (Wildman–Crippen MR) is 109 cm³/mol. The summed E-state index contributed by atoms with van der Waals surface area (Å²) in [4.78, 5) is 20.3. The lowest BCUT2D eigenvalue weighted by Gasteiger charge is -2.35. The molecule has 152 valence electrons. The summed E-state index contributed by atoms with van der Waals surface area (Å²) in [6, 6.07) is 8.21. The summed E-state index contributed by atoms with van der Waals surface area (Å²) < 4.78 is 5.40. The molecule has 0 saturated carbocycles. The van der Waals surface area contributed by atoms with Crippen LogP contribution in [0, 0.1) is 0 Å². The van der Waals surface area contributed by atoms with E-state index in [9.17, 15) is 9.90 Å². The normalized spacial score (nSPS) is 24.4. The largest absolute Gasteiger partial charge is 0.388 e. The number of nitrogens with one attached hydrogen (secondary N) is 1. The van der Waals surface area contributed by atoms with E-state index in [0.29, 0.717) is 25.9 Å². The van der Waals surface area contributed by atoms with Gasteiger partial charge in [-0.1, -0.05) is 18.2 Å². The van der Waals surface area contributed by atoms with Gasteiger partial charge in [-0.2, -0.15) is 0 Å². The Morgan fingerprint density at radius 3 is 2.82 bits per heavy atom. The molecule has 3 heterocycles. The van der Waals surface area contributed by atoms with Gasteiger partial charge in [-0.15, -0.1) is 0 Å². The van der Waals surface area contributed by atoms with E-state index in [-0.39, 0.29) is 5.91 Å². The summed E-state index contributed by atoms with van der Waals surface area (Å²) in [5, 5.41) is 12.3. The number of rotatable bonds is 5. The van der Waals surface area contributed by atoms with E-state index in [0.717, 1.165) is 57.6 Å². The Bertz CT molecular complexity index is 799. The second-order valence-electron chi connectivity index (χ2n) is 8.21. The van der Waals surface area contributed by atoms with E-state index in [1.54, 1.807) is 0 Å². The number of carbonyl (C=O) groups excluding carboxylic acids is 1. The van der Waals surface area contributed by atoms with E-state index in [4.69, 9.17) is 4.74 Å². The molecule has 2 fully saturated rings. The lowest BCUT2D eigenvalue weighted by molar-refractivity contribution is -0.131. The Morgan fingerprint density at radius 2 is 1.96 bits per heavy atom. The highest BCUT2D eigenvalue weighted by Crippen LogP contribution is 2.25. The van der Waals surface area contributed by atoms with Gasteiger partial charge in [0.2, 0.25) is 5.91 Å². The molecule has 1 amide bonds. The number of aromatic nitrogens is 1. The summed E-state index contributed by atoms with van der Waals surface area (Å²) in [6.07, 6.45) is 5.56. The first-order valence-corrected chi connectivity index (χ1v) is 10.5. The Kier molecular flexibility index (Phi) is 5.99. The highest BCUT2D eigenvalue weighted by atomic mass is 16.5. The van der Waals surface area contributed by atoms with Crippen LogP contribution in [0.1, 0.15) is 31.2 Å². The number of para-hydroxylation sites is 1. The van der Waals surface area contributed by atoms with Crippen molar-refractivity contribution in [1.29, 1.82) is 0 Å². The Balaban J connectivity index is 1.30. The van der Waals surface area contributed by atoms with Crippen LogP contribution in [-0.4, -0.2) is 77.3 Å². The number of benzene rings is 1. The zero-order valence-electron chi connectivity index (χ0n) is 16.5. The Hall–Kier alpha value is -1.89. The molecule has 4 rings (SSSR count). The molecule has 28 heavy (non-hydrogen) atoms. The smallest absolute Gasteiger partial charge is 0.222 e. The molecule has 1 aromatic carbocycles. The molecule has 0 aliphatic carbocycles. The van der Waals surface area contributed by atoms with Crippen molar-refractivity contribution in [2.24, 2.45) is 0 Å². The maximum Gasteiger partial charge on any atom is 0.222 e. The SMILES string of the molecule is O=C(CCc1c[nH]c2ccccc12)N1CCCC(O)(CN2CCOCC2)CC1. The molecule has 2 N–H and O–H groups in total. The number of hydrogen-bond acceptors (Lipinski definition) is 4. The first-order valence-electron chi connectivity index (χ1n) is 10.5. The lowest BCUT2D eigenvalue weighted by atomic mass is 9.94. The second-order valence-corrected chi connectivity index (χ2v) is 8.21. The number of carbonyl (C=O) groups is 1. The number of ether oxygens (including phenoxy) is 1. The number of aliphatic hydroxyl groups is 1. The lowest BCUT2D eigenvalue weighted by Crippen LogP contribution is -2.48. The van der Waals surface area contributed by atoms with Crippen LogP contribution in [0.15, 0.2) is 30.5 Å². The van der Waals surface area contributed by atoms with Crippen molar-refractivity contribution in [1.82, 2.24) is 14.8 Å². The predicted octanol–water partition coefficient (Wildman–Crippen LogP) is 2.18. The molecule has 2 aliphatic rings. The van der Waals surface area contributed by atoms with E-state index < -0.39 is 5.60 Å². The quantitative estimate of drug-likeness (QED) is 0.828. The molecule has 1 unspecified atom stereocenters. The monoisotopic (exact) mass is 385 g/mol. The van der Waals surface area contributed by atoms with Crippen molar-refractivity contribution in [3.05, 3.63) is 36.0 Å². The number of morpholine rings is 1. The molecular weight excluding hydrogens is 354 g/mol. The van der Waals surface area contributed by atoms with Crippen molar-refractivity contribution in [3.8, 4) is 0 Å². The average Bonchev–Trinajstić information content (AvgIpc) is 3.02. The highest BCUT2D eigenvalue weighted by Gasteiger charge is 2.33. The maximum absolute atomic E-state index is 12.8. The van der Waals surface area contributed by atoms with E-state index >= 15 is 0 Å². The molecule has 2 aromatic rings. The molecule has 6 heteroatoms. The van der Waals surface area contributed by atoms with Gasteiger partial charge in [-0.25, -0.2) is 0 Å². The standard InChI is InChI=1S/C22H31N3O3/c26-21(7-6-18-16-23-20-5-2-1-4-19(18)20)25-10-3-8-22(27,9-11-25)17-24-12-14-28-15-13-24/h1-2,4-5,16,23,27H,3,6-15,17H2. The van der Waals surface area contributed by atoms with Gasteiger partial charge in [0.05, 0.1) is 18.8 Å². The molecule has 6 nitrogen and oxygen atoms in total. The van der Waals surface area contributed by atoms with Gasteiger partial charge in [0, 0.05) is 56.2 Å². The fourth-order valence-electron chi connectivity index (χ4n) is 4.50. The van der Waals surface area contributed by atoms with Gasteiger partial charge >= 0.3 is 0 Å². The van der Waals surface area contributed by atoms with Gasteiger partial charge in [0.1, 0.15) is 0 Å². The molecule has 2 saturated heterocycles. The Morgan fingerprint density at radius 1 is 1.14 bits per heavy atom. The van der Waals surface area contributed by atoms with Crippen molar-refractivity contribution in [3.63, 3.8) is 0 Å². The summed E-state index contributed by atoms with van der Waals surface area (Å²) in [5.41, 5.74) is 1.62. The van der Waals surface area contributed by atoms with E-state index in [1.807, 2.05) is 23.2 Å². The number of likely N-dealkylation sites (tertiary alicyclic amines) is 1. The van der Waals surface area contributed by atoms with Crippen molar-refractivity contribution in [2.45, 2.75) is 37.7 Å². The van der Waals surface area contributed by atoms with Crippen LogP contribution in [0.3, 0.4) is 0 Å². The summed E-state index contributed by atoms with van der Waals surface area (Å²) in [7, 11) is 0. The van der Waals surface area contributed by atoms with Crippen LogP contribution in [-0.2, 0) is 16.0 Å². The maximum atomic E-state index is 12.8. The minimum Gasteiger partial charge on any atom is -0.388 e. The topological polar surface area (TPSA) is 68.8 Å². The Labute approximate surface area is 166 Å². The third-order valence-electron chi connectivity index (χ3n) is 6.17. The highest BCUT2D eigenvalue weighted by molar-refractivity contribution is 5.84. The first-order chi connectivity index (χ1) is 13.6. The number of amides is 1. The zero-order chi connectivity index (χ0) is 19.4. The minimum absolute atomic E-state index is 0.195. The van der Waals surface area contributed by atoms with Gasteiger partial charge in [-0.05, 0) is 37.3 Å². The second kappa shape index (κ2) is 8.64. The van der Waals surface area contributed by atoms with Crippen molar-refractivity contribution >= 4 is 16.8 Å². The number of nitrogens with zero attached hydrogens (tertiary/aromatic N) is 2. The van der Waals surface area contributed by atoms with Crippen LogP contribution in [0.5, 0.6) is 0 Å². The van der Waals surface area contributed by atoms with Gasteiger partial charge < -0.3 is 19.7 Å². The third kappa shape index (κ3) is 4.57. The molecule has 1 aromatic heterocycles. The van der Waals surface area contributed by atoms with Gasteiger partial charge in [0.25, 0.3) is 0 Å². The van der Waals surface area contributed by atoms with Crippen LogP contribution in [0.4, 0.5) is 0 Å². The molecule has 0 radical (unpaired) electrons. The first kappa shape index (κ1) is 19.4. The number of H-pyrrole nitrogens is 1. The van der Waals surface area contributed by atoms with Gasteiger partial charge in [-0.3, -0.25) is 9.69 Å². The molecule has 0 bridgehead atoms. The number of fused-ring (bicyclic) bond motifs is 1. The summed E-state index contributed by atoms with van der Waals surface area (Å²) in [5.74, 6) is 0.195. The number of β-amino-alcohol motifs (C(OH)–C–C–N with tert-alkyl or cyclic N) is 1. The third-order valence-corrected chi connectivity index (χ3v) is 6.17. The number of aromatic amines is 1. The van der Waals surface area contributed by atoms with Crippen molar-refractivity contribution in [2.75, 3.05) is 45.9 Å². The van der Waals surface area contributed by atoms with Crippen LogP contribution >= 0.6 is 0 Å². The van der Waals surface area contributed by atoms with E-state index in [2.05, 4.69) is 22.0 Å². The molecular formula is C22H31N3O3.